The zero-order valence-electron chi connectivity index (χ0n) is 9.91. The third-order valence-corrected chi connectivity index (χ3v) is 3.04. The van der Waals surface area contributed by atoms with E-state index in [1.807, 2.05) is 26.0 Å². The summed E-state index contributed by atoms with van der Waals surface area (Å²) >= 11 is 3.38. The molecule has 1 amide bonds. The van der Waals surface area contributed by atoms with E-state index in [0.717, 1.165) is 10.2 Å². The van der Waals surface area contributed by atoms with Crippen molar-refractivity contribution in [3.8, 4) is 0 Å². The lowest BCUT2D eigenvalue weighted by Gasteiger charge is -2.18. The van der Waals surface area contributed by atoms with Crippen LogP contribution in [0.25, 0.3) is 0 Å². The van der Waals surface area contributed by atoms with Crippen molar-refractivity contribution in [2.24, 2.45) is 0 Å². The van der Waals surface area contributed by atoms with Gasteiger partial charge in [0, 0.05) is 18.6 Å². The van der Waals surface area contributed by atoms with E-state index >= 15 is 0 Å². The number of pyridine rings is 1. The Bertz CT molecular complexity index is 393. The fourth-order valence-corrected chi connectivity index (χ4v) is 1.52. The van der Waals surface area contributed by atoms with Crippen molar-refractivity contribution in [2.45, 2.75) is 19.9 Å². The normalized spacial score (nSPS) is 12.1. The Balaban J connectivity index is 2.73. The van der Waals surface area contributed by atoms with E-state index in [0.29, 0.717) is 5.82 Å². The lowest BCUT2D eigenvalue weighted by molar-refractivity contribution is -0.129. The average Bonchev–Trinajstić information content (AvgIpc) is 2.22. The molecule has 0 bridgehead atoms. The zero-order chi connectivity index (χ0) is 12.3. The van der Waals surface area contributed by atoms with Crippen LogP contribution in [-0.2, 0) is 4.79 Å². The molecule has 0 saturated heterocycles. The number of rotatable bonds is 3. The van der Waals surface area contributed by atoms with E-state index in [9.17, 15) is 4.79 Å². The summed E-state index contributed by atoms with van der Waals surface area (Å²) < 4.78 is 0.963. The Morgan fingerprint density at radius 1 is 1.50 bits per heavy atom. The van der Waals surface area contributed by atoms with Crippen LogP contribution < -0.4 is 5.32 Å². The number of aryl methyl sites for hydroxylation is 1. The number of halogens is 1. The summed E-state index contributed by atoms with van der Waals surface area (Å²) in [6.45, 7) is 3.73. The highest BCUT2D eigenvalue weighted by Gasteiger charge is 2.14. The third kappa shape index (κ3) is 3.20. The van der Waals surface area contributed by atoms with E-state index in [1.54, 1.807) is 19.0 Å². The van der Waals surface area contributed by atoms with Crippen molar-refractivity contribution in [1.29, 1.82) is 0 Å². The lowest BCUT2D eigenvalue weighted by Crippen LogP contribution is -2.36. The molecule has 0 aliphatic rings. The SMILES string of the molecule is Cc1nc(N[C@@H](C)C(=O)N(C)C)ccc1Br. The van der Waals surface area contributed by atoms with Crippen LogP contribution in [0.4, 0.5) is 5.82 Å². The molecule has 0 radical (unpaired) electrons. The first-order valence-electron chi connectivity index (χ1n) is 5.02. The molecule has 1 atom stereocenters. The van der Waals surface area contributed by atoms with Gasteiger partial charge in [-0.25, -0.2) is 4.98 Å². The van der Waals surface area contributed by atoms with Gasteiger partial charge in [0.1, 0.15) is 11.9 Å². The van der Waals surface area contributed by atoms with Gasteiger partial charge in [-0.15, -0.1) is 0 Å². The Morgan fingerprint density at radius 3 is 2.62 bits per heavy atom. The summed E-state index contributed by atoms with van der Waals surface area (Å²) in [6.07, 6.45) is 0. The van der Waals surface area contributed by atoms with Gasteiger partial charge in [-0.2, -0.15) is 0 Å². The maximum atomic E-state index is 11.6. The predicted molar refractivity (Wildman–Crippen MR) is 68.5 cm³/mol. The molecule has 0 aliphatic heterocycles. The zero-order valence-corrected chi connectivity index (χ0v) is 11.5. The van der Waals surface area contributed by atoms with Crippen molar-refractivity contribution in [2.75, 3.05) is 19.4 Å². The molecular weight excluding hydrogens is 270 g/mol. The van der Waals surface area contributed by atoms with Gasteiger partial charge < -0.3 is 10.2 Å². The Labute approximate surface area is 104 Å². The molecule has 0 aromatic carbocycles. The van der Waals surface area contributed by atoms with Crippen LogP contribution in [0.5, 0.6) is 0 Å². The fraction of sp³-hybridized carbons (Fsp3) is 0.455. The molecule has 5 heteroatoms. The molecule has 1 rings (SSSR count). The van der Waals surface area contributed by atoms with Crippen molar-refractivity contribution >= 4 is 27.7 Å². The highest BCUT2D eigenvalue weighted by Crippen LogP contribution is 2.16. The number of aromatic nitrogens is 1. The number of nitrogens with zero attached hydrogens (tertiary/aromatic N) is 2. The van der Waals surface area contributed by atoms with Crippen LogP contribution in [0.15, 0.2) is 16.6 Å². The summed E-state index contributed by atoms with van der Waals surface area (Å²) in [5.41, 5.74) is 0.898. The number of carbonyl (C=O) groups is 1. The quantitative estimate of drug-likeness (QED) is 0.925. The molecule has 0 aliphatic carbocycles. The first kappa shape index (κ1) is 13.0. The van der Waals surface area contributed by atoms with Gasteiger partial charge in [0.25, 0.3) is 0 Å². The second kappa shape index (κ2) is 5.30. The van der Waals surface area contributed by atoms with E-state index in [-0.39, 0.29) is 11.9 Å². The van der Waals surface area contributed by atoms with Crippen molar-refractivity contribution in [3.63, 3.8) is 0 Å². The van der Waals surface area contributed by atoms with Gasteiger partial charge in [0.05, 0.1) is 5.69 Å². The molecule has 1 N–H and O–H groups in total. The minimum absolute atomic E-state index is 0.0300. The highest BCUT2D eigenvalue weighted by atomic mass is 79.9. The summed E-state index contributed by atoms with van der Waals surface area (Å²) in [5, 5.41) is 3.07. The van der Waals surface area contributed by atoms with Crippen LogP contribution in [0.3, 0.4) is 0 Å². The largest absolute Gasteiger partial charge is 0.359 e. The number of anilines is 1. The average molecular weight is 286 g/mol. The smallest absolute Gasteiger partial charge is 0.244 e. The molecule has 4 nitrogen and oxygen atoms in total. The van der Waals surface area contributed by atoms with E-state index < -0.39 is 0 Å². The molecule has 0 spiro atoms. The minimum atomic E-state index is -0.275. The van der Waals surface area contributed by atoms with Gasteiger partial charge in [0.2, 0.25) is 5.91 Å². The molecule has 1 aromatic heterocycles. The van der Waals surface area contributed by atoms with Gasteiger partial charge in [0.15, 0.2) is 0 Å². The van der Waals surface area contributed by atoms with Crippen LogP contribution >= 0.6 is 15.9 Å². The van der Waals surface area contributed by atoms with Gasteiger partial charge in [-0.3, -0.25) is 4.79 Å². The fourth-order valence-electron chi connectivity index (χ4n) is 1.30. The number of carbonyl (C=O) groups excluding carboxylic acids is 1. The van der Waals surface area contributed by atoms with Crippen LogP contribution in [-0.4, -0.2) is 35.9 Å². The number of likely N-dealkylation sites (N-methyl/N-ethyl adjacent to an activating group) is 1. The monoisotopic (exact) mass is 285 g/mol. The summed E-state index contributed by atoms with van der Waals surface area (Å²) in [4.78, 5) is 17.5. The first-order chi connectivity index (χ1) is 7.41. The second-order valence-corrected chi connectivity index (χ2v) is 4.72. The molecule has 88 valence electrons. The summed E-state index contributed by atoms with van der Waals surface area (Å²) in [6, 6.07) is 3.48. The molecule has 1 aromatic rings. The Morgan fingerprint density at radius 2 is 2.12 bits per heavy atom. The predicted octanol–water partition coefficient (Wildman–Crippen LogP) is 2.04. The minimum Gasteiger partial charge on any atom is -0.359 e. The van der Waals surface area contributed by atoms with Crippen LogP contribution in [0, 0.1) is 6.92 Å². The third-order valence-electron chi connectivity index (χ3n) is 2.20. The standard InChI is InChI=1S/C11H16BrN3O/c1-7-9(12)5-6-10(13-7)14-8(2)11(16)15(3)4/h5-6,8H,1-4H3,(H,13,14)/t8-/m0/s1. The van der Waals surface area contributed by atoms with E-state index in [4.69, 9.17) is 0 Å². The molecular formula is C11H16BrN3O. The second-order valence-electron chi connectivity index (χ2n) is 3.86. The lowest BCUT2D eigenvalue weighted by atomic mass is 10.3. The molecule has 0 fully saturated rings. The Kier molecular flexibility index (Phi) is 4.29. The van der Waals surface area contributed by atoms with Crippen LogP contribution in [0.2, 0.25) is 0 Å². The number of hydrogen-bond acceptors (Lipinski definition) is 3. The Hall–Kier alpha value is -1.10. The highest BCUT2D eigenvalue weighted by molar-refractivity contribution is 9.10. The summed E-state index contributed by atoms with van der Waals surface area (Å²) in [7, 11) is 3.47. The molecule has 16 heavy (non-hydrogen) atoms. The number of hydrogen-bond donors (Lipinski definition) is 1. The number of amides is 1. The topological polar surface area (TPSA) is 45.2 Å². The first-order valence-corrected chi connectivity index (χ1v) is 5.82. The summed E-state index contributed by atoms with van der Waals surface area (Å²) in [5.74, 6) is 0.741. The number of nitrogens with one attached hydrogen (secondary N) is 1. The van der Waals surface area contributed by atoms with Crippen molar-refractivity contribution < 1.29 is 4.79 Å². The van der Waals surface area contributed by atoms with Crippen molar-refractivity contribution in [3.05, 3.63) is 22.3 Å². The van der Waals surface area contributed by atoms with Crippen molar-refractivity contribution in [1.82, 2.24) is 9.88 Å². The van der Waals surface area contributed by atoms with Gasteiger partial charge >= 0.3 is 0 Å². The molecule has 0 saturated carbocycles. The maximum Gasteiger partial charge on any atom is 0.244 e. The van der Waals surface area contributed by atoms with E-state index in [2.05, 4.69) is 26.2 Å². The molecule has 1 heterocycles. The molecule has 0 unspecified atom stereocenters. The van der Waals surface area contributed by atoms with E-state index in [1.165, 1.54) is 0 Å². The van der Waals surface area contributed by atoms with Gasteiger partial charge in [-0.05, 0) is 41.9 Å². The van der Waals surface area contributed by atoms with Crippen LogP contribution in [0.1, 0.15) is 12.6 Å². The maximum absolute atomic E-state index is 11.6. The van der Waals surface area contributed by atoms with Gasteiger partial charge in [-0.1, -0.05) is 0 Å².